The molecule has 1 aliphatic rings. The van der Waals surface area contributed by atoms with E-state index in [-0.39, 0.29) is 12.1 Å². The normalized spacial score (nSPS) is 13.6. The van der Waals surface area contributed by atoms with Crippen LogP contribution in [0.3, 0.4) is 0 Å². The molecule has 11 heteroatoms. The van der Waals surface area contributed by atoms with E-state index < -0.39 is 12.1 Å². The molecule has 4 aromatic carbocycles. The lowest BCUT2D eigenvalue weighted by atomic mass is 9.99. The van der Waals surface area contributed by atoms with Gasteiger partial charge >= 0.3 is 18.2 Å². The number of hydrogen-bond donors (Lipinski definition) is 3. The Bertz CT molecular complexity index is 1610. The highest BCUT2D eigenvalue weighted by Crippen LogP contribution is 2.25. The molecule has 0 atom stereocenters. The van der Waals surface area contributed by atoms with Gasteiger partial charge in [-0.1, -0.05) is 103 Å². The van der Waals surface area contributed by atoms with Gasteiger partial charge in [0.2, 0.25) is 0 Å². The Morgan fingerprint density at radius 1 is 0.804 bits per heavy atom. The monoisotopic (exact) mass is 704 g/mol. The molecule has 1 fully saturated rings. The fourth-order valence-corrected chi connectivity index (χ4v) is 5.93. The molecule has 51 heavy (non-hydrogen) atoms. The van der Waals surface area contributed by atoms with Crippen molar-refractivity contribution in [3.8, 4) is 11.1 Å². The van der Waals surface area contributed by atoms with Gasteiger partial charge in [0.1, 0.15) is 0 Å². The van der Waals surface area contributed by atoms with Crippen LogP contribution < -0.4 is 10.6 Å². The number of ether oxygens (including phenoxy) is 1. The summed E-state index contributed by atoms with van der Waals surface area (Å²) < 4.78 is 36.9. The molecule has 3 N–H and O–H groups in total. The summed E-state index contributed by atoms with van der Waals surface area (Å²) in [5, 5.41) is 13.8. The number of nitrogens with one attached hydrogen (secondary N) is 2. The zero-order valence-corrected chi connectivity index (χ0v) is 28.9. The number of benzene rings is 4. The maximum absolute atomic E-state index is 13.7. The number of nitrogens with zero attached hydrogens (tertiary/aromatic N) is 2. The number of urea groups is 1. The van der Waals surface area contributed by atoms with Crippen molar-refractivity contribution in [2.24, 2.45) is 0 Å². The van der Waals surface area contributed by atoms with Crippen LogP contribution in [0.1, 0.15) is 35.1 Å². The fourth-order valence-electron chi connectivity index (χ4n) is 5.93. The number of piperidine rings is 1. The molecule has 2 amide bonds. The van der Waals surface area contributed by atoms with Gasteiger partial charge in [0.25, 0.3) is 0 Å². The van der Waals surface area contributed by atoms with Gasteiger partial charge in [0.05, 0.1) is 6.61 Å². The SMILES string of the molecule is COCCNCc1ccc(-c2cccc(CN(C(=O)NCCc3ccccc3)C3CCN(Cc4ccccc4)CC3)c2)cc1.O=C(O)C(F)(F)F. The zero-order chi connectivity index (χ0) is 36.5. The van der Waals surface area contributed by atoms with Crippen LogP contribution in [-0.2, 0) is 35.6 Å². The minimum absolute atomic E-state index is 0.0261. The number of carbonyl (C=O) groups excluding carboxylic acids is 1. The summed E-state index contributed by atoms with van der Waals surface area (Å²) in [6.07, 6.45) is -2.32. The number of likely N-dealkylation sites (tertiary alicyclic amines) is 1. The van der Waals surface area contributed by atoms with Crippen LogP contribution in [0.5, 0.6) is 0 Å². The number of methoxy groups -OCH3 is 1. The first kappa shape index (κ1) is 39.1. The van der Waals surface area contributed by atoms with Crippen LogP contribution in [0.25, 0.3) is 11.1 Å². The molecule has 4 aromatic rings. The van der Waals surface area contributed by atoms with Gasteiger partial charge in [-0.3, -0.25) is 4.90 Å². The van der Waals surface area contributed by atoms with E-state index in [1.54, 1.807) is 7.11 Å². The molecule has 0 aliphatic carbocycles. The van der Waals surface area contributed by atoms with Crippen molar-refractivity contribution in [1.29, 1.82) is 0 Å². The standard InChI is InChI=1S/C38H46N4O2.C2HF3O2/c1-44-26-23-39-28-32-15-17-35(18-16-32)36-14-8-13-34(27-36)30-42(38(43)40-22-19-31-9-4-2-5-10-31)37-20-24-41(25-21-37)29-33-11-6-3-7-12-33;3-2(4,5)1(6)7/h2-18,27,37,39H,19-26,28-30H2,1H3,(H,40,43);(H,6,7). The second kappa shape index (κ2) is 20.2. The van der Waals surface area contributed by atoms with Crippen LogP contribution in [0, 0.1) is 0 Å². The Labute approximate surface area is 298 Å². The fraction of sp³-hybridized carbons (Fsp3) is 0.350. The van der Waals surface area contributed by atoms with Crippen molar-refractivity contribution in [1.82, 2.24) is 20.4 Å². The Kier molecular flexibility index (Phi) is 15.5. The summed E-state index contributed by atoms with van der Waals surface area (Å²) in [6.45, 7) is 6.51. The van der Waals surface area contributed by atoms with Crippen LogP contribution in [0.15, 0.2) is 109 Å². The van der Waals surface area contributed by atoms with Crippen molar-refractivity contribution in [3.05, 3.63) is 131 Å². The molecular weight excluding hydrogens is 657 g/mol. The van der Waals surface area contributed by atoms with E-state index in [0.717, 1.165) is 57.5 Å². The van der Waals surface area contributed by atoms with E-state index in [9.17, 15) is 18.0 Å². The summed E-state index contributed by atoms with van der Waals surface area (Å²) in [6, 6.07) is 38.6. The molecule has 0 bridgehead atoms. The third-order valence-electron chi connectivity index (χ3n) is 8.66. The highest BCUT2D eigenvalue weighted by molar-refractivity contribution is 5.75. The van der Waals surface area contributed by atoms with E-state index in [0.29, 0.717) is 19.7 Å². The number of aliphatic carboxylic acids is 1. The first-order valence-electron chi connectivity index (χ1n) is 17.1. The predicted molar refractivity (Wildman–Crippen MR) is 193 cm³/mol. The molecule has 0 saturated carbocycles. The summed E-state index contributed by atoms with van der Waals surface area (Å²) in [4.78, 5) is 27.2. The third kappa shape index (κ3) is 13.5. The van der Waals surface area contributed by atoms with Gasteiger partial charge in [-0.15, -0.1) is 0 Å². The van der Waals surface area contributed by atoms with Gasteiger partial charge in [0.15, 0.2) is 0 Å². The van der Waals surface area contributed by atoms with Gasteiger partial charge in [-0.05, 0) is 58.7 Å². The Morgan fingerprint density at radius 3 is 2.02 bits per heavy atom. The Balaban J connectivity index is 0.000000755. The number of carboxylic acid groups (broad SMARTS) is 1. The van der Waals surface area contributed by atoms with Crippen LogP contribution in [0.2, 0.25) is 0 Å². The number of rotatable bonds is 14. The molecule has 1 aliphatic heterocycles. The first-order chi connectivity index (χ1) is 24.6. The van der Waals surface area contributed by atoms with Crippen molar-refractivity contribution in [2.45, 2.75) is 51.1 Å². The lowest BCUT2D eigenvalue weighted by Gasteiger charge is -2.38. The predicted octanol–water partition coefficient (Wildman–Crippen LogP) is 7.14. The van der Waals surface area contributed by atoms with Crippen molar-refractivity contribution in [2.75, 3.05) is 39.9 Å². The van der Waals surface area contributed by atoms with E-state index in [2.05, 4.69) is 111 Å². The Morgan fingerprint density at radius 2 is 1.41 bits per heavy atom. The number of halogens is 3. The highest BCUT2D eigenvalue weighted by atomic mass is 19.4. The minimum Gasteiger partial charge on any atom is -0.475 e. The van der Waals surface area contributed by atoms with Gasteiger partial charge in [-0.2, -0.15) is 13.2 Å². The lowest BCUT2D eigenvalue weighted by Crippen LogP contribution is -2.50. The quantitative estimate of drug-likeness (QED) is 0.121. The smallest absolute Gasteiger partial charge is 0.475 e. The first-order valence-corrected chi connectivity index (χ1v) is 17.1. The average Bonchev–Trinajstić information content (AvgIpc) is 3.14. The lowest BCUT2D eigenvalue weighted by molar-refractivity contribution is -0.192. The van der Waals surface area contributed by atoms with Crippen LogP contribution >= 0.6 is 0 Å². The maximum Gasteiger partial charge on any atom is 0.490 e. The third-order valence-corrected chi connectivity index (χ3v) is 8.66. The second-order valence-electron chi connectivity index (χ2n) is 12.5. The van der Waals surface area contributed by atoms with Gasteiger partial charge < -0.3 is 25.4 Å². The number of hydrogen-bond acceptors (Lipinski definition) is 5. The van der Waals surface area contributed by atoms with E-state index >= 15 is 0 Å². The number of carboxylic acids is 1. The van der Waals surface area contributed by atoms with Crippen molar-refractivity contribution < 1.29 is 32.6 Å². The molecule has 1 heterocycles. The molecular formula is C40H47F3N4O4. The van der Waals surface area contributed by atoms with E-state index in [1.807, 2.05) is 18.2 Å². The maximum atomic E-state index is 13.7. The summed E-state index contributed by atoms with van der Waals surface area (Å²) >= 11 is 0. The number of alkyl halides is 3. The molecule has 0 unspecified atom stereocenters. The zero-order valence-electron chi connectivity index (χ0n) is 28.9. The highest BCUT2D eigenvalue weighted by Gasteiger charge is 2.38. The number of carbonyl (C=O) groups is 2. The van der Waals surface area contributed by atoms with Gasteiger partial charge in [-0.25, -0.2) is 9.59 Å². The summed E-state index contributed by atoms with van der Waals surface area (Å²) in [5.74, 6) is -2.76. The molecule has 0 spiro atoms. The molecule has 1 saturated heterocycles. The minimum atomic E-state index is -5.08. The van der Waals surface area contributed by atoms with E-state index in [4.69, 9.17) is 14.6 Å². The van der Waals surface area contributed by atoms with Crippen LogP contribution in [0.4, 0.5) is 18.0 Å². The average molecular weight is 705 g/mol. The molecule has 0 radical (unpaired) electrons. The molecule has 272 valence electrons. The molecule has 8 nitrogen and oxygen atoms in total. The number of amides is 2. The second-order valence-corrected chi connectivity index (χ2v) is 12.5. The van der Waals surface area contributed by atoms with Crippen molar-refractivity contribution in [3.63, 3.8) is 0 Å². The Hall–Kier alpha value is -4.71. The van der Waals surface area contributed by atoms with Crippen molar-refractivity contribution >= 4 is 12.0 Å². The van der Waals surface area contributed by atoms with Crippen LogP contribution in [-0.4, -0.2) is 79.0 Å². The largest absolute Gasteiger partial charge is 0.490 e. The molecule has 5 rings (SSSR count). The summed E-state index contributed by atoms with van der Waals surface area (Å²) in [5.41, 5.74) is 7.33. The topological polar surface area (TPSA) is 94.1 Å². The molecule has 0 aromatic heterocycles. The van der Waals surface area contributed by atoms with E-state index in [1.165, 1.54) is 27.8 Å². The van der Waals surface area contributed by atoms with Gasteiger partial charge in [0, 0.05) is 59.0 Å². The summed E-state index contributed by atoms with van der Waals surface area (Å²) in [7, 11) is 1.72.